The molecule has 0 saturated heterocycles. The smallest absolute Gasteiger partial charge is 0.338 e. The zero-order valence-electron chi connectivity index (χ0n) is 16.1. The highest BCUT2D eigenvalue weighted by molar-refractivity contribution is 7.92. The van der Waals surface area contributed by atoms with Gasteiger partial charge in [0.05, 0.1) is 17.5 Å². The number of nitrogens with one attached hydrogen (secondary N) is 1. The second kappa shape index (κ2) is 8.29. The molecular formula is C18H20N4O5S2. The highest BCUT2D eigenvalue weighted by atomic mass is 32.2. The number of sulfonamides is 1. The number of nitrogens with zero attached hydrogens (tertiary/aromatic N) is 3. The topological polar surface area (TPSA) is 120 Å². The number of hydrogen-bond acceptors (Lipinski definition) is 8. The van der Waals surface area contributed by atoms with E-state index in [-0.39, 0.29) is 23.4 Å². The molecule has 0 aliphatic carbocycles. The van der Waals surface area contributed by atoms with Gasteiger partial charge in [0.2, 0.25) is 15.0 Å². The molecule has 3 aromatic rings. The number of carbonyl (C=O) groups is 1. The molecular weight excluding hydrogens is 416 g/mol. The number of fused-ring (bicyclic) bond motifs is 1. The van der Waals surface area contributed by atoms with E-state index in [1.165, 1.54) is 46.2 Å². The number of hydrogen-bond donors (Lipinski definition) is 1. The summed E-state index contributed by atoms with van der Waals surface area (Å²) in [6, 6.07) is 7.21. The van der Waals surface area contributed by atoms with Gasteiger partial charge in [-0.2, -0.15) is 9.61 Å². The van der Waals surface area contributed by atoms with Crippen molar-refractivity contribution in [2.75, 3.05) is 11.0 Å². The lowest BCUT2D eigenvalue weighted by molar-refractivity contribution is 0.0468. The molecule has 0 bridgehead atoms. The van der Waals surface area contributed by atoms with E-state index >= 15 is 0 Å². The van der Waals surface area contributed by atoms with Crippen molar-refractivity contribution in [3.05, 3.63) is 57.0 Å². The van der Waals surface area contributed by atoms with Crippen molar-refractivity contribution in [2.24, 2.45) is 5.92 Å². The summed E-state index contributed by atoms with van der Waals surface area (Å²) in [7, 11) is -3.46. The molecule has 2 aromatic heterocycles. The fraction of sp³-hybridized carbons (Fsp3) is 0.333. The van der Waals surface area contributed by atoms with Gasteiger partial charge < -0.3 is 4.74 Å². The first-order valence-corrected chi connectivity index (χ1v) is 11.4. The number of carbonyl (C=O) groups excluding carboxylic acids is 1. The minimum Gasteiger partial charge on any atom is -0.456 e. The Morgan fingerprint density at radius 2 is 2.07 bits per heavy atom. The van der Waals surface area contributed by atoms with E-state index in [0.29, 0.717) is 16.6 Å². The van der Waals surface area contributed by atoms with E-state index in [1.807, 2.05) is 0 Å². The lowest BCUT2D eigenvalue weighted by Gasteiger charge is -2.07. The summed E-state index contributed by atoms with van der Waals surface area (Å²) in [6.07, 6.45) is 1.76. The number of rotatable bonds is 7. The van der Waals surface area contributed by atoms with Gasteiger partial charge in [0, 0.05) is 18.2 Å². The predicted octanol–water partition coefficient (Wildman–Crippen LogP) is 2.08. The average molecular weight is 437 g/mol. The van der Waals surface area contributed by atoms with Gasteiger partial charge in [-0.15, -0.1) is 0 Å². The van der Waals surface area contributed by atoms with Crippen molar-refractivity contribution in [2.45, 2.75) is 26.9 Å². The summed E-state index contributed by atoms with van der Waals surface area (Å²) < 4.78 is 31.4. The summed E-state index contributed by atoms with van der Waals surface area (Å²) in [5.41, 5.74) is 0.399. The highest BCUT2D eigenvalue weighted by Crippen LogP contribution is 2.16. The van der Waals surface area contributed by atoms with Crippen molar-refractivity contribution in [1.82, 2.24) is 14.6 Å². The number of aromatic nitrogens is 3. The van der Waals surface area contributed by atoms with E-state index < -0.39 is 16.0 Å². The Kier molecular flexibility index (Phi) is 5.99. The molecule has 0 unspecified atom stereocenters. The molecule has 1 N–H and O–H groups in total. The third-order valence-corrected chi connectivity index (χ3v) is 5.21. The van der Waals surface area contributed by atoms with Crippen LogP contribution < -0.4 is 10.3 Å². The zero-order chi connectivity index (χ0) is 21.2. The third kappa shape index (κ3) is 5.61. The summed E-state index contributed by atoms with van der Waals surface area (Å²) in [5, 5.41) is 5.09. The van der Waals surface area contributed by atoms with Crippen molar-refractivity contribution < 1.29 is 17.9 Å². The number of esters is 1. The van der Waals surface area contributed by atoms with Gasteiger partial charge in [0.15, 0.2) is 0 Å². The molecule has 0 aliphatic rings. The van der Waals surface area contributed by atoms with Crippen molar-refractivity contribution in [3.8, 4) is 0 Å². The van der Waals surface area contributed by atoms with Crippen LogP contribution >= 0.6 is 11.3 Å². The molecule has 0 radical (unpaired) electrons. The second-order valence-electron chi connectivity index (χ2n) is 6.91. The average Bonchev–Trinajstić information content (AvgIpc) is 3.00. The molecule has 0 fully saturated rings. The molecule has 9 nitrogen and oxygen atoms in total. The van der Waals surface area contributed by atoms with Crippen LogP contribution in [0, 0.1) is 5.92 Å². The molecule has 0 spiro atoms. The van der Waals surface area contributed by atoms with Crippen molar-refractivity contribution >= 4 is 38.0 Å². The molecule has 0 atom stereocenters. The number of benzene rings is 1. The Labute approximate surface area is 171 Å². The van der Waals surface area contributed by atoms with Gasteiger partial charge in [-0.25, -0.2) is 18.2 Å². The first-order valence-electron chi connectivity index (χ1n) is 8.74. The number of anilines is 1. The zero-order valence-corrected chi connectivity index (χ0v) is 17.7. The third-order valence-electron chi connectivity index (χ3n) is 3.68. The van der Waals surface area contributed by atoms with Gasteiger partial charge in [-0.3, -0.25) is 9.52 Å². The van der Waals surface area contributed by atoms with Crippen LogP contribution in [0.4, 0.5) is 5.69 Å². The Morgan fingerprint density at radius 3 is 2.76 bits per heavy atom. The second-order valence-corrected chi connectivity index (χ2v) is 9.69. The van der Waals surface area contributed by atoms with Crippen molar-refractivity contribution in [3.63, 3.8) is 0 Å². The van der Waals surface area contributed by atoms with Gasteiger partial charge in [-0.1, -0.05) is 31.3 Å². The molecule has 154 valence electrons. The van der Waals surface area contributed by atoms with Crippen LogP contribution in [0.2, 0.25) is 0 Å². The van der Waals surface area contributed by atoms with Crippen LogP contribution in [0.25, 0.3) is 4.96 Å². The quantitative estimate of drug-likeness (QED) is 0.563. The van der Waals surface area contributed by atoms with Gasteiger partial charge in [-0.05, 0) is 24.1 Å². The minimum absolute atomic E-state index is 0.174. The summed E-state index contributed by atoms with van der Waals surface area (Å²) >= 11 is 1.33. The molecule has 3 rings (SSSR count). The summed E-state index contributed by atoms with van der Waals surface area (Å²) in [6.45, 7) is 3.94. The number of ether oxygens (including phenoxy) is 1. The molecule has 29 heavy (non-hydrogen) atoms. The van der Waals surface area contributed by atoms with Gasteiger partial charge >= 0.3 is 5.97 Å². The van der Waals surface area contributed by atoms with Crippen LogP contribution in [0.3, 0.4) is 0 Å². The van der Waals surface area contributed by atoms with Crippen LogP contribution in [0.5, 0.6) is 0 Å². The maximum atomic E-state index is 12.3. The maximum Gasteiger partial charge on any atom is 0.338 e. The fourth-order valence-electron chi connectivity index (χ4n) is 2.55. The Hall–Kier alpha value is -2.79. The predicted molar refractivity (Wildman–Crippen MR) is 110 cm³/mol. The van der Waals surface area contributed by atoms with Crippen LogP contribution in [0.15, 0.2) is 35.1 Å². The van der Waals surface area contributed by atoms with E-state index in [2.05, 4.69) is 28.7 Å². The standard InChI is InChI=1S/C18H20N4O5S2/c1-11(2)7-15-20-22-16(23)9-14(19-18(22)28-15)10-27-17(24)12-5-4-6-13(8-12)21-29(3,25)26/h4-6,8-9,11,21H,7,10H2,1-3H3. The lowest BCUT2D eigenvalue weighted by Crippen LogP contribution is -2.17. The molecule has 2 heterocycles. The van der Waals surface area contributed by atoms with Crippen LogP contribution in [-0.2, 0) is 27.8 Å². The molecule has 11 heteroatoms. The largest absolute Gasteiger partial charge is 0.456 e. The Balaban J connectivity index is 1.74. The lowest BCUT2D eigenvalue weighted by atomic mass is 10.1. The molecule has 1 aromatic carbocycles. The Bertz CT molecular complexity index is 1210. The van der Waals surface area contributed by atoms with E-state index in [9.17, 15) is 18.0 Å². The van der Waals surface area contributed by atoms with E-state index in [4.69, 9.17) is 4.74 Å². The summed E-state index contributed by atoms with van der Waals surface area (Å²) in [5.74, 6) is -0.256. The van der Waals surface area contributed by atoms with Gasteiger partial charge in [0.1, 0.15) is 11.6 Å². The molecule has 0 aliphatic heterocycles. The first-order chi connectivity index (χ1) is 13.6. The monoisotopic (exact) mass is 436 g/mol. The van der Waals surface area contributed by atoms with Crippen LogP contribution in [-0.4, -0.2) is 35.2 Å². The first kappa shape index (κ1) is 20.9. The fourth-order valence-corrected chi connectivity index (χ4v) is 4.23. The SMILES string of the molecule is CC(C)Cc1nn2c(=O)cc(COC(=O)c3cccc(NS(C)(=O)=O)c3)nc2s1. The van der Waals surface area contributed by atoms with Crippen LogP contribution in [0.1, 0.15) is 34.9 Å². The maximum absolute atomic E-state index is 12.3. The summed E-state index contributed by atoms with van der Waals surface area (Å²) in [4.78, 5) is 29.3. The molecule has 0 saturated carbocycles. The van der Waals surface area contributed by atoms with E-state index in [0.717, 1.165) is 17.7 Å². The Morgan fingerprint density at radius 1 is 1.31 bits per heavy atom. The van der Waals surface area contributed by atoms with E-state index in [1.54, 1.807) is 0 Å². The van der Waals surface area contributed by atoms with Crippen molar-refractivity contribution in [1.29, 1.82) is 0 Å². The normalized spacial score (nSPS) is 11.7. The highest BCUT2D eigenvalue weighted by Gasteiger charge is 2.13. The van der Waals surface area contributed by atoms with Gasteiger partial charge in [0.25, 0.3) is 5.56 Å². The molecule has 0 amide bonds. The minimum atomic E-state index is -3.46.